The van der Waals surface area contributed by atoms with Crippen molar-refractivity contribution in [3.63, 3.8) is 0 Å². The van der Waals surface area contributed by atoms with E-state index in [4.69, 9.17) is 0 Å². The minimum absolute atomic E-state index is 0.0226. The van der Waals surface area contributed by atoms with E-state index in [-0.39, 0.29) is 11.2 Å². The number of aromatic nitrogens is 1. The number of rotatable bonds is 0. The fourth-order valence-corrected chi connectivity index (χ4v) is 7.18. The van der Waals surface area contributed by atoms with Crippen LogP contribution in [0.4, 0.5) is 4.39 Å². The Balaban J connectivity index is 1.87. The molecule has 0 amide bonds. The van der Waals surface area contributed by atoms with Crippen LogP contribution in [0.25, 0.3) is 43.6 Å². The van der Waals surface area contributed by atoms with Crippen molar-refractivity contribution in [2.45, 2.75) is 49.8 Å². The molecule has 5 aromatic rings. The summed E-state index contributed by atoms with van der Waals surface area (Å²) in [6.07, 6.45) is 2.15. The molecule has 33 heavy (non-hydrogen) atoms. The van der Waals surface area contributed by atoms with Gasteiger partial charge in [0.25, 0.3) is 0 Å². The summed E-state index contributed by atoms with van der Waals surface area (Å²) in [5.41, 5.74) is 6.58. The zero-order valence-electron chi connectivity index (χ0n) is 19.9. The Hall–Kier alpha value is -2.91. The van der Waals surface area contributed by atoms with Crippen LogP contribution < -0.4 is 4.57 Å². The lowest BCUT2D eigenvalue weighted by Crippen LogP contribution is -2.32. The molecule has 2 heterocycles. The lowest BCUT2D eigenvalue weighted by Gasteiger charge is -2.30. The summed E-state index contributed by atoms with van der Waals surface area (Å²) in [5.74, 6) is -0.190. The first-order chi connectivity index (χ1) is 15.6. The maximum atomic E-state index is 14.1. The van der Waals surface area contributed by atoms with Crippen LogP contribution in [0.2, 0.25) is 0 Å². The van der Waals surface area contributed by atoms with Gasteiger partial charge in [0.05, 0.1) is 10.9 Å². The third-order valence-electron chi connectivity index (χ3n) is 7.04. The summed E-state index contributed by atoms with van der Waals surface area (Å²) in [4.78, 5) is 2.54. The molecular formula is C30H27FNS+. The lowest BCUT2D eigenvalue weighted by molar-refractivity contribution is -0.659. The van der Waals surface area contributed by atoms with E-state index in [1.807, 2.05) is 17.8 Å². The molecule has 0 saturated carbocycles. The molecule has 0 unspecified atom stereocenters. The monoisotopic (exact) mass is 452 g/mol. The normalized spacial score (nSPS) is 13.2. The molecule has 4 aromatic carbocycles. The van der Waals surface area contributed by atoms with E-state index in [1.54, 1.807) is 12.1 Å². The molecule has 3 heteroatoms. The Bertz CT molecular complexity index is 1660. The van der Waals surface area contributed by atoms with Crippen LogP contribution in [0, 0.1) is 19.7 Å². The molecule has 0 fully saturated rings. The van der Waals surface area contributed by atoms with Crippen molar-refractivity contribution >= 4 is 44.1 Å². The smallest absolute Gasteiger partial charge is 0.207 e. The van der Waals surface area contributed by atoms with Crippen LogP contribution in [0.3, 0.4) is 0 Å². The van der Waals surface area contributed by atoms with E-state index >= 15 is 0 Å². The number of benzene rings is 4. The second-order valence-corrected chi connectivity index (χ2v) is 11.5. The largest absolute Gasteiger partial charge is 0.222 e. The minimum atomic E-state index is -0.190. The predicted octanol–water partition coefficient (Wildman–Crippen LogP) is 8.16. The zero-order chi connectivity index (χ0) is 23.2. The molecule has 6 rings (SSSR count). The highest BCUT2D eigenvalue weighted by Crippen LogP contribution is 2.54. The van der Waals surface area contributed by atoms with Gasteiger partial charge in [0, 0.05) is 21.2 Å². The Kier molecular flexibility index (Phi) is 4.26. The number of fused-ring (bicyclic) bond motifs is 5. The van der Waals surface area contributed by atoms with Crippen molar-refractivity contribution in [3.05, 3.63) is 77.2 Å². The second-order valence-electron chi connectivity index (χ2n) is 10.4. The van der Waals surface area contributed by atoms with Gasteiger partial charge in [-0.15, -0.1) is 0 Å². The van der Waals surface area contributed by atoms with Crippen molar-refractivity contribution in [1.82, 2.24) is 0 Å². The van der Waals surface area contributed by atoms with Crippen LogP contribution in [-0.4, -0.2) is 0 Å². The molecule has 0 saturated heterocycles. The van der Waals surface area contributed by atoms with Crippen LogP contribution in [0.15, 0.2) is 64.5 Å². The van der Waals surface area contributed by atoms with Crippen molar-refractivity contribution in [1.29, 1.82) is 0 Å². The maximum absolute atomic E-state index is 14.1. The molecule has 0 atom stereocenters. The molecule has 0 bridgehead atoms. The molecule has 1 aliphatic heterocycles. The van der Waals surface area contributed by atoms with Crippen LogP contribution in [0.1, 0.15) is 37.5 Å². The van der Waals surface area contributed by atoms with Crippen LogP contribution in [0.5, 0.6) is 0 Å². The summed E-state index contributed by atoms with van der Waals surface area (Å²) < 4.78 is 16.4. The van der Waals surface area contributed by atoms with Gasteiger partial charge in [-0.2, -0.15) is 0 Å². The molecule has 0 N–H and O–H groups in total. The molecule has 1 aromatic heterocycles. The molecule has 0 aliphatic carbocycles. The van der Waals surface area contributed by atoms with E-state index in [9.17, 15) is 4.39 Å². The van der Waals surface area contributed by atoms with Crippen LogP contribution >= 0.6 is 11.8 Å². The molecule has 0 spiro atoms. The summed E-state index contributed by atoms with van der Waals surface area (Å²) in [5, 5.41) is 7.19. The third-order valence-corrected chi connectivity index (χ3v) is 8.19. The number of halogens is 1. The SMILES string of the molecule is Cc1ccc2c(C(C)(C)C)c3c(c(C)c2c1)-c1c2c(cc4cc(F)ccc4c2cc[n+]1C)S3. The van der Waals surface area contributed by atoms with Crippen LogP contribution in [-0.2, 0) is 12.5 Å². The summed E-state index contributed by atoms with van der Waals surface area (Å²) in [6, 6.07) is 16.4. The number of nitrogens with zero attached hydrogens (tertiary/aromatic N) is 1. The van der Waals surface area contributed by atoms with Crippen molar-refractivity contribution in [2.24, 2.45) is 7.05 Å². The Morgan fingerprint density at radius 3 is 2.36 bits per heavy atom. The summed E-state index contributed by atoms with van der Waals surface area (Å²) in [6.45, 7) is 11.4. The fourth-order valence-electron chi connectivity index (χ4n) is 5.60. The third kappa shape index (κ3) is 2.88. The standard InChI is InChI=1S/C30H27FNS/c1-16-7-9-22-23(13-16)17(2)25-28-26-21(11-12-32(28)6)20-10-8-19(31)14-18(20)15-24(26)33-29(25)27(22)30(3,4)5/h7-15H,1-6H3/q+1. The van der Waals surface area contributed by atoms with E-state index in [1.165, 1.54) is 59.3 Å². The van der Waals surface area contributed by atoms with Gasteiger partial charge < -0.3 is 0 Å². The summed E-state index contributed by atoms with van der Waals surface area (Å²) in [7, 11) is 2.14. The van der Waals surface area contributed by atoms with Gasteiger partial charge in [-0.25, -0.2) is 8.96 Å². The van der Waals surface area contributed by atoms with Gasteiger partial charge in [-0.1, -0.05) is 62.4 Å². The topological polar surface area (TPSA) is 3.88 Å². The first-order valence-corrected chi connectivity index (χ1v) is 12.3. The van der Waals surface area contributed by atoms with Crippen molar-refractivity contribution < 1.29 is 8.96 Å². The Labute approximate surface area is 198 Å². The Morgan fingerprint density at radius 1 is 0.848 bits per heavy atom. The van der Waals surface area contributed by atoms with Gasteiger partial charge in [0.1, 0.15) is 12.9 Å². The van der Waals surface area contributed by atoms with E-state index in [0.29, 0.717) is 0 Å². The average Bonchev–Trinajstić information content (AvgIpc) is 2.74. The number of hydrogen-bond donors (Lipinski definition) is 0. The van der Waals surface area contributed by atoms with Gasteiger partial charge in [-0.3, -0.25) is 0 Å². The van der Waals surface area contributed by atoms with E-state index in [2.05, 4.69) is 82.8 Å². The lowest BCUT2D eigenvalue weighted by atomic mass is 9.79. The Morgan fingerprint density at radius 2 is 1.61 bits per heavy atom. The fraction of sp³-hybridized carbons (Fsp3) is 0.233. The molecule has 1 aliphatic rings. The average molecular weight is 453 g/mol. The number of hydrogen-bond acceptors (Lipinski definition) is 1. The zero-order valence-corrected chi connectivity index (χ0v) is 20.7. The minimum Gasteiger partial charge on any atom is -0.207 e. The first kappa shape index (κ1) is 20.7. The quantitative estimate of drug-likeness (QED) is 0.166. The highest BCUT2D eigenvalue weighted by atomic mass is 32.2. The summed E-state index contributed by atoms with van der Waals surface area (Å²) >= 11 is 1.86. The number of aryl methyl sites for hydroxylation is 3. The molecular weight excluding hydrogens is 425 g/mol. The predicted molar refractivity (Wildman–Crippen MR) is 138 cm³/mol. The molecule has 1 nitrogen and oxygen atoms in total. The van der Waals surface area contributed by atoms with Gasteiger partial charge in [0.15, 0.2) is 6.20 Å². The van der Waals surface area contributed by atoms with Crippen molar-refractivity contribution in [3.8, 4) is 11.3 Å². The van der Waals surface area contributed by atoms with E-state index < -0.39 is 0 Å². The van der Waals surface area contributed by atoms with Gasteiger partial charge >= 0.3 is 0 Å². The van der Waals surface area contributed by atoms with E-state index in [0.717, 1.165) is 10.8 Å². The maximum Gasteiger partial charge on any atom is 0.222 e. The van der Waals surface area contributed by atoms with Gasteiger partial charge in [-0.05, 0) is 70.1 Å². The highest BCUT2D eigenvalue weighted by molar-refractivity contribution is 8.00. The second kappa shape index (κ2) is 6.80. The molecule has 0 radical (unpaired) electrons. The highest BCUT2D eigenvalue weighted by Gasteiger charge is 2.35. The molecule has 164 valence electrons. The number of pyridine rings is 1. The van der Waals surface area contributed by atoms with Crippen molar-refractivity contribution in [2.75, 3.05) is 0 Å². The van der Waals surface area contributed by atoms with Gasteiger partial charge in [0.2, 0.25) is 5.69 Å². The first-order valence-electron chi connectivity index (χ1n) is 11.5.